The summed E-state index contributed by atoms with van der Waals surface area (Å²) in [5.41, 5.74) is 6.21. The average molecular weight is 310 g/mol. The molecule has 0 saturated heterocycles. The molecule has 0 atom stereocenters. The Morgan fingerprint density at radius 2 is 2.05 bits per heavy atom. The van der Waals surface area contributed by atoms with E-state index < -0.39 is 11.2 Å². The number of aromatic nitrogens is 2. The van der Waals surface area contributed by atoms with E-state index in [9.17, 15) is 13.2 Å². The summed E-state index contributed by atoms with van der Waals surface area (Å²) in [6.07, 6.45) is -4.54. The largest absolute Gasteiger partial charge is 0.445 e. The fourth-order valence-corrected chi connectivity index (χ4v) is 2.03. The summed E-state index contributed by atoms with van der Waals surface area (Å²) in [4.78, 5) is 0. The highest BCUT2D eigenvalue weighted by Crippen LogP contribution is 2.37. The zero-order valence-corrected chi connectivity index (χ0v) is 10.8. The smallest absolute Gasteiger partial charge is 0.428 e. The molecule has 1 heterocycles. The molecular weight excluding hydrogens is 303 g/mol. The van der Waals surface area contributed by atoms with Crippen LogP contribution in [0.2, 0.25) is 5.02 Å². The monoisotopic (exact) mass is 309 g/mol. The van der Waals surface area contributed by atoms with Gasteiger partial charge in [-0.2, -0.15) is 13.2 Å². The predicted molar refractivity (Wildman–Crippen MR) is 64.3 cm³/mol. The predicted octanol–water partition coefficient (Wildman–Crippen LogP) is 3.46. The minimum absolute atomic E-state index is 0.198. The summed E-state index contributed by atoms with van der Waals surface area (Å²) in [5, 5.41) is 5.25. The van der Waals surface area contributed by atoms with Gasteiger partial charge in [-0.15, -0.1) is 5.10 Å². The number of benzene rings is 1. The van der Waals surface area contributed by atoms with E-state index in [1.165, 1.54) is 6.07 Å². The van der Waals surface area contributed by atoms with Crippen LogP contribution in [0.1, 0.15) is 10.6 Å². The normalized spacial score (nSPS) is 11.6. The zero-order chi connectivity index (χ0) is 14.0. The maximum Gasteiger partial charge on any atom is 0.445 e. The molecule has 0 spiro atoms. The quantitative estimate of drug-likeness (QED) is 0.943. The van der Waals surface area contributed by atoms with Gasteiger partial charge in [-0.3, -0.25) is 0 Å². The molecule has 1 aromatic heterocycles. The molecule has 2 aromatic rings. The van der Waals surface area contributed by atoms with Crippen molar-refractivity contribution in [3.63, 3.8) is 0 Å². The first-order chi connectivity index (χ1) is 8.90. The number of hydrogen-bond acceptors (Lipinski definition) is 5. The maximum absolute atomic E-state index is 12.3. The summed E-state index contributed by atoms with van der Waals surface area (Å²) < 4.78 is 42.1. The number of nitrogens with zero attached hydrogens (tertiary/aromatic N) is 2. The third-order valence-electron chi connectivity index (χ3n) is 2.08. The van der Waals surface area contributed by atoms with Gasteiger partial charge in [-0.25, -0.2) is 0 Å². The highest BCUT2D eigenvalue weighted by molar-refractivity contribution is 7.13. The third-order valence-corrected chi connectivity index (χ3v) is 3.22. The van der Waals surface area contributed by atoms with Gasteiger partial charge in [0.05, 0.1) is 5.02 Å². The summed E-state index contributed by atoms with van der Waals surface area (Å²) in [7, 11) is 0. The van der Waals surface area contributed by atoms with Crippen molar-refractivity contribution in [3.8, 4) is 10.9 Å². The van der Waals surface area contributed by atoms with Crippen LogP contribution in [0.5, 0.6) is 10.9 Å². The Labute approximate surface area is 115 Å². The maximum atomic E-state index is 12.3. The Morgan fingerprint density at radius 1 is 1.32 bits per heavy atom. The molecule has 0 radical (unpaired) electrons. The standard InChI is InChI=1S/C10H7ClF3N3OS/c11-6-3-5(4-15)1-2-7(6)18-9-17-16-8(19-9)10(12,13)14/h1-3H,4,15H2. The van der Waals surface area contributed by atoms with Crippen molar-refractivity contribution in [2.75, 3.05) is 0 Å². The van der Waals surface area contributed by atoms with Crippen LogP contribution in [0.25, 0.3) is 0 Å². The number of nitrogens with two attached hydrogens (primary N) is 1. The van der Waals surface area contributed by atoms with Crippen LogP contribution in [0.3, 0.4) is 0 Å². The van der Waals surface area contributed by atoms with Gasteiger partial charge >= 0.3 is 6.18 Å². The van der Waals surface area contributed by atoms with Crippen LogP contribution in [0.4, 0.5) is 13.2 Å². The molecule has 4 nitrogen and oxygen atoms in total. The Kier molecular flexibility index (Phi) is 3.93. The second-order valence-electron chi connectivity index (χ2n) is 3.44. The van der Waals surface area contributed by atoms with E-state index in [2.05, 4.69) is 10.2 Å². The van der Waals surface area contributed by atoms with E-state index in [-0.39, 0.29) is 16.0 Å². The molecule has 2 N–H and O–H groups in total. The fraction of sp³-hybridized carbons (Fsp3) is 0.200. The molecule has 19 heavy (non-hydrogen) atoms. The number of rotatable bonds is 3. The number of halogens is 4. The lowest BCUT2D eigenvalue weighted by Crippen LogP contribution is -2.03. The summed E-state index contributed by atoms with van der Waals surface area (Å²) in [6, 6.07) is 4.74. The minimum Gasteiger partial charge on any atom is -0.428 e. The first-order valence-electron chi connectivity index (χ1n) is 4.97. The molecule has 0 unspecified atom stereocenters. The molecule has 0 aliphatic heterocycles. The van der Waals surface area contributed by atoms with E-state index in [4.69, 9.17) is 22.1 Å². The van der Waals surface area contributed by atoms with Gasteiger partial charge in [0.25, 0.3) is 5.19 Å². The Hall–Kier alpha value is -1.38. The summed E-state index contributed by atoms with van der Waals surface area (Å²) >= 11 is 6.21. The number of hydrogen-bond donors (Lipinski definition) is 1. The molecule has 2 rings (SSSR count). The van der Waals surface area contributed by atoms with Gasteiger partial charge in [0.15, 0.2) is 0 Å². The van der Waals surface area contributed by atoms with Crippen LogP contribution in [-0.4, -0.2) is 10.2 Å². The first-order valence-corrected chi connectivity index (χ1v) is 6.16. The highest BCUT2D eigenvalue weighted by atomic mass is 35.5. The lowest BCUT2D eigenvalue weighted by molar-refractivity contribution is -0.138. The van der Waals surface area contributed by atoms with Crippen molar-refractivity contribution in [3.05, 3.63) is 33.8 Å². The lowest BCUT2D eigenvalue weighted by atomic mass is 10.2. The average Bonchev–Trinajstić information content (AvgIpc) is 2.80. The van der Waals surface area contributed by atoms with Crippen LogP contribution >= 0.6 is 22.9 Å². The van der Waals surface area contributed by atoms with Gasteiger partial charge in [-0.1, -0.05) is 34.1 Å². The second-order valence-corrected chi connectivity index (χ2v) is 4.79. The van der Waals surface area contributed by atoms with Crippen LogP contribution in [-0.2, 0) is 12.7 Å². The molecule has 0 fully saturated rings. The van der Waals surface area contributed by atoms with Gasteiger partial charge < -0.3 is 10.5 Å². The Balaban J connectivity index is 2.20. The molecule has 0 saturated carbocycles. The molecule has 0 amide bonds. The van der Waals surface area contributed by atoms with Crippen molar-refractivity contribution in [2.45, 2.75) is 12.7 Å². The van der Waals surface area contributed by atoms with Crippen molar-refractivity contribution in [1.82, 2.24) is 10.2 Å². The van der Waals surface area contributed by atoms with Gasteiger partial charge in [0, 0.05) is 6.54 Å². The summed E-state index contributed by atoms with van der Waals surface area (Å²) in [5.74, 6) is 0.198. The Morgan fingerprint density at radius 3 is 2.58 bits per heavy atom. The van der Waals surface area contributed by atoms with Crippen molar-refractivity contribution < 1.29 is 17.9 Å². The number of ether oxygens (including phenoxy) is 1. The molecule has 0 aliphatic rings. The fourth-order valence-electron chi connectivity index (χ4n) is 1.21. The third kappa shape index (κ3) is 3.34. The molecule has 102 valence electrons. The van der Waals surface area contributed by atoms with E-state index in [0.29, 0.717) is 17.9 Å². The van der Waals surface area contributed by atoms with E-state index in [0.717, 1.165) is 5.56 Å². The highest BCUT2D eigenvalue weighted by Gasteiger charge is 2.36. The first kappa shape index (κ1) is 14.0. The van der Waals surface area contributed by atoms with Gasteiger partial charge in [-0.05, 0) is 17.7 Å². The van der Waals surface area contributed by atoms with Crippen molar-refractivity contribution in [2.24, 2.45) is 5.73 Å². The zero-order valence-electron chi connectivity index (χ0n) is 9.24. The van der Waals surface area contributed by atoms with Crippen LogP contribution < -0.4 is 10.5 Å². The molecular formula is C10H7ClF3N3OS. The van der Waals surface area contributed by atoms with E-state index in [1.807, 2.05) is 0 Å². The molecule has 9 heteroatoms. The van der Waals surface area contributed by atoms with Crippen molar-refractivity contribution >= 4 is 22.9 Å². The molecule has 1 aromatic carbocycles. The second kappa shape index (κ2) is 5.32. The number of alkyl halides is 3. The van der Waals surface area contributed by atoms with Crippen molar-refractivity contribution in [1.29, 1.82) is 0 Å². The van der Waals surface area contributed by atoms with Crippen LogP contribution in [0, 0.1) is 0 Å². The Bertz CT molecular complexity index is 588. The van der Waals surface area contributed by atoms with Gasteiger partial charge in [0.2, 0.25) is 5.01 Å². The van der Waals surface area contributed by atoms with Crippen LogP contribution in [0.15, 0.2) is 18.2 Å². The molecule has 0 bridgehead atoms. The molecule has 0 aliphatic carbocycles. The summed E-state index contributed by atoms with van der Waals surface area (Å²) in [6.45, 7) is 0.303. The lowest BCUT2D eigenvalue weighted by Gasteiger charge is -2.05. The van der Waals surface area contributed by atoms with E-state index >= 15 is 0 Å². The SMILES string of the molecule is NCc1ccc(Oc2nnc(C(F)(F)F)s2)c(Cl)c1. The minimum atomic E-state index is -4.54. The topological polar surface area (TPSA) is 61.0 Å². The van der Waals surface area contributed by atoms with Gasteiger partial charge in [0.1, 0.15) is 5.75 Å². The van der Waals surface area contributed by atoms with E-state index in [1.54, 1.807) is 12.1 Å².